The minimum atomic E-state index is -0.188. The molecule has 5 nitrogen and oxygen atoms in total. The number of nitrogens with one attached hydrogen (secondary N) is 1. The van der Waals surface area contributed by atoms with Gasteiger partial charge in [0.25, 0.3) is 5.91 Å². The van der Waals surface area contributed by atoms with E-state index in [0.717, 1.165) is 29.9 Å². The molecule has 1 atom stereocenters. The monoisotopic (exact) mass is 277 g/mol. The van der Waals surface area contributed by atoms with E-state index in [9.17, 15) is 9.90 Å². The first-order valence-corrected chi connectivity index (χ1v) is 6.84. The number of aryl methyl sites for hydroxylation is 1. The number of carbonyl (C=O) groups is 1. The zero-order valence-electron chi connectivity index (χ0n) is 10.5. The summed E-state index contributed by atoms with van der Waals surface area (Å²) in [5.41, 5.74) is 1.50. The number of rotatable bonds is 5. The molecule has 6 heteroatoms. The number of phenolic OH excluding ortho intramolecular Hbond substituents is 1. The Kier molecular flexibility index (Phi) is 4.46. The second kappa shape index (κ2) is 6.29. The van der Waals surface area contributed by atoms with Gasteiger partial charge in [0.1, 0.15) is 5.75 Å². The number of nitrogens with zero attached hydrogens (tertiary/aromatic N) is 2. The zero-order valence-corrected chi connectivity index (χ0v) is 11.4. The van der Waals surface area contributed by atoms with Gasteiger partial charge in [-0.2, -0.15) is 0 Å². The van der Waals surface area contributed by atoms with Gasteiger partial charge in [0.05, 0.1) is 0 Å². The third-order valence-electron chi connectivity index (χ3n) is 2.77. The second-order valence-corrected chi connectivity index (χ2v) is 4.98. The van der Waals surface area contributed by atoms with E-state index in [1.165, 1.54) is 0 Å². The molecule has 1 heterocycles. The molecule has 0 bridgehead atoms. The van der Waals surface area contributed by atoms with Crippen LogP contribution in [0.5, 0.6) is 5.75 Å². The van der Waals surface area contributed by atoms with Crippen LogP contribution in [0.15, 0.2) is 29.6 Å². The third kappa shape index (κ3) is 4.03. The number of benzene rings is 1. The zero-order chi connectivity index (χ0) is 13.7. The van der Waals surface area contributed by atoms with Crippen LogP contribution >= 0.6 is 11.5 Å². The first-order valence-electron chi connectivity index (χ1n) is 6.01. The lowest BCUT2D eigenvalue weighted by molar-refractivity contribution is 0.0933. The van der Waals surface area contributed by atoms with Gasteiger partial charge in [-0.15, -0.1) is 5.10 Å². The minimum Gasteiger partial charge on any atom is -0.508 e. The smallest absolute Gasteiger partial charge is 0.272 e. The van der Waals surface area contributed by atoms with Crippen LogP contribution in [-0.4, -0.2) is 26.6 Å². The SMILES string of the molecule is CC(CCc1ccc(O)cc1)NC(=O)c1csnn1. The van der Waals surface area contributed by atoms with Gasteiger partial charge < -0.3 is 10.4 Å². The Bertz CT molecular complexity index is 525. The fourth-order valence-corrected chi connectivity index (χ4v) is 2.12. The molecule has 0 saturated heterocycles. The summed E-state index contributed by atoms with van der Waals surface area (Å²) in [5, 5.41) is 17.4. The maximum Gasteiger partial charge on any atom is 0.272 e. The fraction of sp³-hybridized carbons (Fsp3) is 0.308. The second-order valence-electron chi connectivity index (χ2n) is 4.37. The van der Waals surface area contributed by atoms with Crippen LogP contribution in [0.25, 0.3) is 0 Å². The summed E-state index contributed by atoms with van der Waals surface area (Å²) >= 11 is 1.16. The molecule has 1 aromatic carbocycles. The summed E-state index contributed by atoms with van der Waals surface area (Å²) in [6.45, 7) is 1.96. The minimum absolute atomic E-state index is 0.0583. The molecule has 0 aliphatic heterocycles. The predicted molar refractivity (Wildman–Crippen MR) is 73.3 cm³/mol. The number of hydrogen-bond donors (Lipinski definition) is 2. The van der Waals surface area contributed by atoms with Crippen molar-refractivity contribution in [3.05, 3.63) is 40.9 Å². The number of aromatic hydroxyl groups is 1. The highest BCUT2D eigenvalue weighted by Gasteiger charge is 2.12. The average Bonchev–Trinajstić information content (AvgIpc) is 2.92. The van der Waals surface area contributed by atoms with Crippen molar-refractivity contribution < 1.29 is 9.90 Å². The first kappa shape index (κ1) is 13.5. The molecule has 19 heavy (non-hydrogen) atoms. The van der Waals surface area contributed by atoms with E-state index in [2.05, 4.69) is 14.9 Å². The van der Waals surface area contributed by atoms with Gasteiger partial charge in [0.15, 0.2) is 5.69 Å². The third-order valence-corrected chi connectivity index (χ3v) is 3.28. The van der Waals surface area contributed by atoms with E-state index < -0.39 is 0 Å². The van der Waals surface area contributed by atoms with Gasteiger partial charge in [-0.05, 0) is 49.0 Å². The summed E-state index contributed by atoms with van der Waals surface area (Å²) in [4.78, 5) is 11.7. The summed E-state index contributed by atoms with van der Waals surface area (Å²) < 4.78 is 3.66. The lowest BCUT2D eigenvalue weighted by Crippen LogP contribution is -2.33. The van der Waals surface area contributed by atoms with Crippen molar-refractivity contribution in [2.24, 2.45) is 0 Å². The molecule has 0 spiro atoms. The molecule has 1 unspecified atom stereocenters. The van der Waals surface area contributed by atoms with E-state index in [4.69, 9.17) is 0 Å². The van der Waals surface area contributed by atoms with Gasteiger partial charge in [0.2, 0.25) is 0 Å². The van der Waals surface area contributed by atoms with Crippen molar-refractivity contribution in [1.29, 1.82) is 0 Å². The normalized spacial score (nSPS) is 12.1. The van der Waals surface area contributed by atoms with Crippen molar-refractivity contribution in [3.8, 4) is 5.75 Å². The van der Waals surface area contributed by atoms with Gasteiger partial charge in [0, 0.05) is 11.4 Å². The van der Waals surface area contributed by atoms with Gasteiger partial charge in [-0.1, -0.05) is 16.6 Å². The number of aromatic nitrogens is 2. The fourth-order valence-electron chi connectivity index (χ4n) is 1.68. The number of phenols is 1. The summed E-state index contributed by atoms with van der Waals surface area (Å²) in [6, 6.07) is 7.16. The van der Waals surface area contributed by atoms with Crippen LogP contribution in [-0.2, 0) is 6.42 Å². The van der Waals surface area contributed by atoms with Crippen LogP contribution in [0, 0.1) is 0 Å². The Labute approximate surface area is 115 Å². The van der Waals surface area contributed by atoms with Crippen molar-refractivity contribution >= 4 is 17.4 Å². The molecule has 1 amide bonds. The number of amides is 1. The summed E-state index contributed by atoms with van der Waals surface area (Å²) in [6.07, 6.45) is 1.67. The Hall–Kier alpha value is -1.95. The van der Waals surface area contributed by atoms with Crippen LogP contribution in [0.1, 0.15) is 29.4 Å². The molecule has 100 valence electrons. The molecule has 0 fully saturated rings. The van der Waals surface area contributed by atoms with E-state index in [1.807, 2.05) is 19.1 Å². The van der Waals surface area contributed by atoms with E-state index in [-0.39, 0.29) is 17.7 Å². The van der Waals surface area contributed by atoms with Crippen LogP contribution in [0.3, 0.4) is 0 Å². The Morgan fingerprint density at radius 3 is 2.79 bits per heavy atom. The topological polar surface area (TPSA) is 75.1 Å². The van der Waals surface area contributed by atoms with Crippen molar-refractivity contribution in [2.45, 2.75) is 25.8 Å². The molecule has 2 rings (SSSR count). The molecule has 1 aromatic heterocycles. The van der Waals surface area contributed by atoms with Crippen LogP contribution < -0.4 is 5.32 Å². The molecule has 0 saturated carbocycles. The largest absolute Gasteiger partial charge is 0.508 e. The van der Waals surface area contributed by atoms with E-state index in [0.29, 0.717) is 5.69 Å². The molecule has 0 radical (unpaired) electrons. The average molecular weight is 277 g/mol. The van der Waals surface area contributed by atoms with Gasteiger partial charge >= 0.3 is 0 Å². The van der Waals surface area contributed by atoms with Crippen LogP contribution in [0.4, 0.5) is 0 Å². The summed E-state index contributed by atoms with van der Waals surface area (Å²) in [5.74, 6) is 0.0769. The lowest BCUT2D eigenvalue weighted by atomic mass is 10.1. The first-order chi connectivity index (χ1) is 9.15. The molecule has 2 N–H and O–H groups in total. The quantitative estimate of drug-likeness (QED) is 0.876. The highest BCUT2D eigenvalue weighted by atomic mass is 32.1. The molecular formula is C13H15N3O2S. The molecule has 0 aliphatic rings. The Morgan fingerprint density at radius 1 is 1.42 bits per heavy atom. The summed E-state index contributed by atoms with van der Waals surface area (Å²) in [7, 11) is 0. The van der Waals surface area contributed by atoms with Gasteiger partial charge in [-0.25, -0.2) is 0 Å². The number of hydrogen-bond acceptors (Lipinski definition) is 5. The lowest BCUT2D eigenvalue weighted by Gasteiger charge is -2.12. The number of carbonyl (C=O) groups excluding carboxylic acids is 1. The molecule has 2 aromatic rings. The highest BCUT2D eigenvalue weighted by molar-refractivity contribution is 7.03. The van der Waals surface area contributed by atoms with E-state index >= 15 is 0 Å². The highest BCUT2D eigenvalue weighted by Crippen LogP contribution is 2.12. The van der Waals surface area contributed by atoms with Crippen molar-refractivity contribution in [2.75, 3.05) is 0 Å². The standard InChI is InChI=1S/C13H15N3O2S/c1-9(14-13(18)12-8-19-16-15-12)2-3-10-4-6-11(17)7-5-10/h4-9,17H,2-3H2,1H3,(H,14,18). The molecule has 0 aliphatic carbocycles. The maximum absolute atomic E-state index is 11.7. The van der Waals surface area contributed by atoms with E-state index in [1.54, 1.807) is 17.5 Å². The maximum atomic E-state index is 11.7. The Morgan fingerprint density at radius 2 is 2.16 bits per heavy atom. The molecular weight excluding hydrogens is 262 g/mol. The van der Waals surface area contributed by atoms with Crippen molar-refractivity contribution in [1.82, 2.24) is 14.9 Å². The van der Waals surface area contributed by atoms with Crippen LogP contribution in [0.2, 0.25) is 0 Å². The van der Waals surface area contributed by atoms with Crippen molar-refractivity contribution in [3.63, 3.8) is 0 Å². The van der Waals surface area contributed by atoms with Gasteiger partial charge in [-0.3, -0.25) is 4.79 Å². The Balaban J connectivity index is 1.80. The predicted octanol–water partition coefficient (Wildman–Crippen LogP) is 1.99.